The molecule has 1 saturated heterocycles. The monoisotopic (exact) mass is 389 g/mol. The number of carbonyl (C=O) groups is 1. The second-order valence-electron chi connectivity index (χ2n) is 6.27. The number of hydrogen-bond acceptors (Lipinski definition) is 5. The molecule has 0 radical (unpaired) electrons. The van der Waals surface area contributed by atoms with Crippen LogP contribution in [0.2, 0.25) is 0 Å². The number of nitrogens with one attached hydrogen (secondary N) is 4. The predicted molar refractivity (Wildman–Crippen MR) is 100 cm³/mol. The smallest absolute Gasteiger partial charge is 0.327 e. The molecule has 4 N–H and O–H groups in total. The lowest BCUT2D eigenvalue weighted by Gasteiger charge is -2.34. The van der Waals surface area contributed by atoms with E-state index in [0.717, 1.165) is 25.9 Å². The van der Waals surface area contributed by atoms with Gasteiger partial charge in [0.15, 0.2) is 0 Å². The first-order valence-electron chi connectivity index (χ1n) is 7.58. The minimum Gasteiger partial charge on any atom is -0.351 e. The standard InChI is InChI=1S/C15H19N5O3.2ClH/c1-15(2-4-16-5-3-15)8-18-12(21)9-6-10-11(17-7-9)19-14(23)20-13(10)22;;/h6-7,16H,2-5,8H2,1H3,(H,18,21)(H2,17,19,20,22,23);2*1H. The summed E-state index contributed by atoms with van der Waals surface area (Å²) in [5.74, 6) is -0.273. The zero-order chi connectivity index (χ0) is 16.4. The Labute approximate surface area is 156 Å². The van der Waals surface area contributed by atoms with Crippen molar-refractivity contribution in [1.29, 1.82) is 0 Å². The topological polar surface area (TPSA) is 120 Å². The predicted octanol–water partition coefficient (Wildman–Crippen LogP) is 0.575. The molecule has 2 aromatic heterocycles. The molecule has 1 fully saturated rings. The second kappa shape index (κ2) is 8.46. The Morgan fingerprint density at radius 1 is 1.24 bits per heavy atom. The number of hydrogen-bond donors (Lipinski definition) is 4. The molecule has 1 aliphatic heterocycles. The minimum absolute atomic E-state index is 0. The number of fused-ring (bicyclic) bond motifs is 1. The molecule has 3 heterocycles. The number of aromatic nitrogens is 3. The normalized spacial score (nSPS) is 15.7. The van der Waals surface area contributed by atoms with Crippen LogP contribution < -0.4 is 21.9 Å². The van der Waals surface area contributed by atoms with Gasteiger partial charge in [0, 0.05) is 12.7 Å². The van der Waals surface area contributed by atoms with Crippen molar-refractivity contribution in [1.82, 2.24) is 25.6 Å². The molecule has 0 aliphatic carbocycles. The molecule has 0 saturated carbocycles. The molecule has 1 amide bonds. The van der Waals surface area contributed by atoms with E-state index in [0.29, 0.717) is 12.1 Å². The summed E-state index contributed by atoms with van der Waals surface area (Å²) in [4.78, 5) is 43.8. The fourth-order valence-electron chi connectivity index (χ4n) is 2.77. The van der Waals surface area contributed by atoms with Crippen LogP contribution in [0.5, 0.6) is 0 Å². The largest absolute Gasteiger partial charge is 0.351 e. The first-order chi connectivity index (χ1) is 11.0. The first kappa shape index (κ1) is 21.1. The SMILES string of the molecule is CC1(CNC(=O)c2cnc3[nH]c(=O)[nH]c(=O)c3c2)CCNCC1.Cl.Cl. The molecular weight excluding hydrogens is 369 g/mol. The van der Waals surface area contributed by atoms with E-state index in [-0.39, 0.29) is 47.2 Å². The summed E-state index contributed by atoms with van der Waals surface area (Å²) in [6.07, 6.45) is 3.37. The summed E-state index contributed by atoms with van der Waals surface area (Å²) in [6, 6.07) is 1.44. The van der Waals surface area contributed by atoms with Crippen LogP contribution in [0.4, 0.5) is 0 Å². The van der Waals surface area contributed by atoms with Gasteiger partial charge in [0.2, 0.25) is 0 Å². The molecule has 1 aliphatic rings. The van der Waals surface area contributed by atoms with E-state index in [1.807, 2.05) is 0 Å². The van der Waals surface area contributed by atoms with Crippen LogP contribution in [0.25, 0.3) is 11.0 Å². The third kappa shape index (κ3) is 4.81. The van der Waals surface area contributed by atoms with Crippen molar-refractivity contribution in [3.05, 3.63) is 38.7 Å². The van der Waals surface area contributed by atoms with Gasteiger partial charge in [0.1, 0.15) is 5.65 Å². The average molecular weight is 390 g/mol. The number of H-pyrrole nitrogens is 2. The maximum Gasteiger partial charge on any atom is 0.327 e. The minimum atomic E-state index is -0.619. The van der Waals surface area contributed by atoms with Crippen LogP contribution in [0, 0.1) is 5.41 Å². The molecule has 0 spiro atoms. The van der Waals surface area contributed by atoms with Gasteiger partial charge in [-0.25, -0.2) is 9.78 Å². The lowest BCUT2D eigenvalue weighted by molar-refractivity contribution is 0.0922. The van der Waals surface area contributed by atoms with Crippen molar-refractivity contribution < 1.29 is 4.79 Å². The Balaban J connectivity index is 0.00000156. The number of amides is 1. The van der Waals surface area contributed by atoms with Crippen LogP contribution >= 0.6 is 24.8 Å². The lowest BCUT2D eigenvalue weighted by atomic mass is 9.81. The zero-order valence-electron chi connectivity index (χ0n) is 13.7. The molecule has 3 rings (SSSR count). The van der Waals surface area contributed by atoms with Crippen LogP contribution in [-0.2, 0) is 0 Å². The van der Waals surface area contributed by atoms with Crippen LogP contribution in [0.15, 0.2) is 21.9 Å². The highest BCUT2D eigenvalue weighted by atomic mass is 35.5. The highest BCUT2D eigenvalue weighted by molar-refractivity contribution is 5.96. The fraction of sp³-hybridized carbons (Fsp3) is 0.467. The fourth-order valence-corrected chi connectivity index (χ4v) is 2.77. The number of carbonyl (C=O) groups excluding carboxylic acids is 1. The number of pyridine rings is 1. The summed E-state index contributed by atoms with van der Waals surface area (Å²) in [5.41, 5.74) is -0.635. The van der Waals surface area contributed by atoms with E-state index in [1.165, 1.54) is 12.3 Å². The summed E-state index contributed by atoms with van der Waals surface area (Å²) in [7, 11) is 0. The number of piperidine rings is 1. The molecule has 2 aromatic rings. The third-order valence-electron chi connectivity index (χ3n) is 4.34. The number of halogens is 2. The van der Waals surface area contributed by atoms with Gasteiger partial charge in [0.05, 0.1) is 10.9 Å². The van der Waals surface area contributed by atoms with Gasteiger partial charge >= 0.3 is 5.69 Å². The van der Waals surface area contributed by atoms with E-state index in [1.54, 1.807) is 0 Å². The molecule has 25 heavy (non-hydrogen) atoms. The molecule has 0 unspecified atom stereocenters. The average Bonchev–Trinajstić information content (AvgIpc) is 2.53. The second-order valence-corrected chi connectivity index (χ2v) is 6.27. The molecule has 0 aromatic carbocycles. The van der Waals surface area contributed by atoms with Gasteiger partial charge in [-0.2, -0.15) is 0 Å². The van der Waals surface area contributed by atoms with Crippen molar-refractivity contribution in [3.8, 4) is 0 Å². The Bertz CT molecular complexity index is 858. The number of nitrogens with zero attached hydrogens (tertiary/aromatic N) is 1. The van der Waals surface area contributed by atoms with Gasteiger partial charge in [-0.05, 0) is 37.4 Å². The van der Waals surface area contributed by atoms with Crippen molar-refractivity contribution in [2.45, 2.75) is 19.8 Å². The Morgan fingerprint density at radius 3 is 2.60 bits per heavy atom. The molecular formula is C15H21Cl2N5O3. The van der Waals surface area contributed by atoms with Crippen LogP contribution in [0.1, 0.15) is 30.1 Å². The summed E-state index contributed by atoms with van der Waals surface area (Å²) in [6.45, 7) is 4.63. The van der Waals surface area contributed by atoms with Crippen LogP contribution in [-0.4, -0.2) is 40.5 Å². The Kier molecular flexibility index (Phi) is 7.16. The molecule has 0 atom stereocenters. The molecule has 8 nitrogen and oxygen atoms in total. The summed E-state index contributed by atoms with van der Waals surface area (Å²) in [5, 5.41) is 6.40. The van der Waals surface area contributed by atoms with Crippen molar-refractivity contribution in [3.63, 3.8) is 0 Å². The van der Waals surface area contributed by atoms with Gasteiger partial charge in [0.25, 0.3) is 11.5 Å². The van der Waals surface area contributed by atoms with Crippen molar-refractivity contribution in [2.75, 3.05) is 19.6 Å². The van der Waals surface area contributed by atoms with Gasteiger partial charge in [-0.15, -0.1) is 24.8 Å². The Morgan fingerprint density at radius 2 is 1.92 bits per heavy atom. The van der Waals surface area contributed by atoms with Crippen molar-refractivity contribution >= 4 is 41.8 Å². The number of rotatable bonds is 3. The maximum atomic E-state index is 12.3. The summed E-state index contributed by atoms with van der Waals surface area (Å²) >= 11 is 0. The van der Waals surface area contributed by atoms with Gasteiger partial charge in [-0.1, -0.05) is 6.92 Å². The Hall–Kier alpha value is -1.90. The maximum absolute atomic E-state index is 12.3. The highest BCUT2D eigenvalue weighted by Crippen LogP contribution is 2.26. The first-order valence-corrected chi connectivity index (χ1v) is 7.58. The zero-order valence-corrected chi connectivity index (χ0v) is 15.3. The van der Waals surface area contributed by atoms with E-state index < -0.39 is 11.2 Å². The van der Waals surface area contributed by atoms with E-state index in [4.69, 9.17) is 0 Å². The van der Waals surface area contributed by atoms with E-state index in [9.17, 15) is 14.4 Å². The quantitative estimate of drug-likeness (QED) is 0.611. The van der Waals surface area contributed by atoms with E-state index in [2.05, 4.69) is 32.5 Å². The third-order valence-corrected chi connectivity index (χ3v) is 4.34. The van der Waals surface area contributed by atoms with Gasteiger partial charge < -0.3 is 10.6 Å². The highest BCUT2D eigenvalue weighted by Gasteiger charge is 2.27. The van der Waals surface area contributed by atoms with E-state index >= 15 is 0 Å². The van der Waals surface area contributed by atoms with Gasteiger partial charge in [-0.3, -0.25) is 19.6 Å². The summed E-state index contributed by atoms with van der Waals surface area (Å²) < 4.78 is 0. The molecule has 138 valence electrons. The molecule has 10 heteroatoms. The number of aromatic amines is 2. The lowest BCUT2D eigenvalue weighted by Crippen LogP contribution is -2.42. The molecule has 0 bridgehead atoms. The van der Waals surface area contributed by atoms with Crippen LogP contribution in [0.3, 0.4) is 0 Å². The van der Waals surface area contributed by atoms with Crippen molar-refractivity contribution in [2.24, 2.45) is 5.41 Å².